The van der Waals surface area contributed by atoms with Crippen molar-refractivity contribution < 1.29 is 24.2 Å². The highest BCUT2D eigenvalue weighted by Crippen LogP contribution is 2.05. The molecule has 0 rings (SSSR count). The molecule has 0 heterocycles. The third-order valence-electron chi connectivity index (χ3n) is 2.63. The number of amides is 2. The van der Waals surface area contributed by atoms with Crippen molar-refractivity contribution >= 4 is 18.3 Å². The highest BCUT2D eigenvalue weighted by Gasteiger charge is 2.09. The second-order valence-corrected chi connectivity index (χ2v) is 4.08. The maximum atomic E-state index is 11.5. The zero-order valence-electron chi connectivity index (χ0n) is 13.9. The Morgan fingerprint density at radius 2 is 1.86 bits per heavy atom. The lowest BCUT2D eigenvalue weighted by atomic mass is 10.2. The topological polar surface area (TPSA) is 95.9 Å². The summed E-state index contributed by atoms with van der Waals surface area (Å²) in [5.74, 6) is -0.620. The monoisotopic (exact) mass is 316 g/mol. The first-order chi connectivity index (χ1) is 10.6. The number of ether oxygens (including phenoxy) is 1. The number of carbonyl (C=O) groups excluding carboxylic acids is 3. The third kappa shape index (κ3) is 10.8. The lowest BCUT2D eigenvalue weighted by Gasteiger charge is -2.14. The van der Waals surface area contributed by atoms with E-state index >= 15 is 0 Å². The average Bonchev–Trinajstić information content (AvgIpc) is 2.57. The molecule has 7 heteroatoms. The van der Waals surface area contributed by atoms with Gasteiger partial charge in [-0.3, -0.25) is 14.4 Å². The van der Waals surface area contributed by atoms with E-state index in [4.69, 9.17) is 5.11 Å². The van der Waals surface area contributed by atoms with Crippen LogP contribution in [-0.4, -0.2) is 55.6 Å². The molecular weight excluding hydrogens is 288 g/mol. The van der Waals surface area contributed by atoms with E-state index in [1.165, 1.54) is 25.3 Å². The average molecular weight is 316 g/mol. The molecule has 0 radical (unpaired) electrons. The summed E-state index contributed by atoms with van der Waals surface area (Å²) in [6, 6.07) is 0. The maximum Gasteiger partial charge on any atom is 0.305 e. The van der Waals surface area contributed by atoms with Crippen LogP contribution in [-0.2, 0) is 19.1 Å². The maximum absolute atomic E-state index is 11.5. The summed E-state index contributed by atoms with van der Waals surface area (Å²) in [7, 11) is 2.81. The minimum Gasteiger partial charge on any atom is -0.469 e. The molecule has 0 saturated heterocycles. The second kappa shape index (κ2) is 15.5. The number of rotatable bonds is 10. The zero-order chi connectivity index (χ0) is 17.4. The molecule has 128 valence electrons. The van der Waals surface area contributed by atoms with E-state index in [2.05, 4.69) is 10.1 Å². The van der Waals surface area contributed by atoms with Crippen molar-refractivity contribution in [3.63, 3.8) is 0 Å². The number of nitrogens with zero attached hydrogens (tertiary/aromatic N) is 1. The van der Waals surface area contributed by atoms with Crippen molar-refractivity contribution in [3.8, 4) is 0 Å². The van der Waals surface area contributed by atoms with Gasteiger partial charge in [-0.25, -0.2) is 0 Å². The van der Waals surface area contributed by atoms with E-state index in [-0.39, 0.29) is 24.9 Å². The Balaban J connectivity index is 0. The number of likely N-dealkylation sites (N-methyl/N-ethyl adjacent to an activating group) is 1. The Labute approximate surface area is 132 Å². The van der Waals surface area contributed by atoms with Gasteiger partial charge in [0.2, 0.25) is 12.3 Å². The lowest BCUT2D eigenvalue weighted by Crippen LogP contribution is -2.25. The van der Waals surface area contributed by atoms with Crippen LogP contribution in [0.4, 0.5) is 0 Å². The van der Waals surface area contributed by atoms with E-state index in [9.17, 15) is 14.4 Å². The van der Waals surface area contributed by atoms with Crippen LogP contribution in [0.1, 0.15) is 39.5 Å². The van der Waals surface area contributed by atoms with Crippen LogP contribution in [0.25, 0.3) is 0 Å². The molecule has 0 aromatic heterocycles. The molecule has 0 atom stereocenters. The van der Waals surface area contributed by atoms with Gasteiger partial charge in [-0.2, -0.15) is 0 Å². The van der Waals surface area contributed by atoms with Crippen LogP contribution in [0.5, 0.6) is 0 Å². The molecule has 0 aliphatic heterocycles. The SMILES string of the molecule is CC.CNC(=O)/C(=C\N(C=O)CCCCC(=O)OC)CCO. The molecule has 0 aromatic rings. The van der Waals surface area contributed by atoms with Gasteiger partial charge in [0.05, 0.1) is 7.11 Å². The van der Waals surface area contributed by atoms with E-state index in [0.717, 1.165) is 0 Å². The summed E-state index contributed by atoms with van der Waals surface area (Å²) in [4.78, 5) is 34.7. The lowest BCUT2D eigenvalue weighted by molar-refractivity contribution is -0.140. The zero-order valence-corrected chi connectivity index (χ0v) is 13.9. The predicted octanol–water partition coefficient (Wildman–Crippen LogP) is 0.827. The Morgan fingerprint density at radius 1 is 1.23 bits per heavy atom. The fourth-order valence-electron chi connectivity index (χ4n) is 1.53. The fourth-order valence-corrected chi connectivity index (χ4v) is 1.53. The van der Waals surface area contributed by atoms with Crippen molar-refractivity contribution in [3.05, 3.63) is 11.8 Å². The number of aliphatic hydroxyl groups is 1. The van der Waals surface area contributed by atoms with Crippen molar-refractivity contribution in [1.82, 2.24) is 10.2 Å². The standard InChI is InChI=1S/C13H22N2O5.C2H6/c1-14-13(19)11(6-8-16)9-15(10-17)7-4-3-5-12(18)20-2;1-2/h9-10,16H,3-8H2,1-2H3,(H,14,19);1-2H3/b11-9-;. The summed E-state index contributed by atoms with van der Waals surface area (Å²) in [6.45, 7) is 4.22. The van der Waals surface area contributed by atoms with Crippen LogP contribution in [0.15, 0.2) is 11.8 Å². The molecule has 0 spiro atoms. The van der Waals surface area contributed by atoms with Gasteiger partial charge in [0.15, 0.2) is 0 Å². The summed E-state index contributed by atoms with van der Waals surface area (Å²) in [5, 5.41) is 11.3. The molecule has 0 unspecified atom stereocenters. The number of aliphatic hydroxyl groups excluding tert-OH is 1. The normalized spacial score (nSPS) is 10.1. The molecule has 22 heavy (non-hydrogen) atoms. The number of hydrogen-bond acceptors (Lipinski definition) is 5. The van der Waals surface area contributed by atoms with Crippen LogP contribution in [0.2, 0.25) is 0 Å². The fraction of sp³-hybridized carbons (Fsp3) is 0.667. The van der Waals surface area contributed by atoms with Crippen molar-refractivity contribution in [2.24, 2.45) is 0 Å². The van der Waals surface area contributed by atoms with E-state index in [1.807, 2.05) is 13.8 Å². The minimum atomic E-state index is -0.333. The first-order valence-corrected chi connectivity index (χ1v) is 7.40. The van der Waals surface area contributed by atoms with Gasteiger partial charge in [-0.05, 0) is 12.8 Å². The highest BCUT2D eigenvalue weighted by atomic mass is 16.5. The van der Waals surface area contributed by atoms with Gasteiger partial charge in [0, 0.05) is 44.8 Å². The number of hydrogen-bond donors (Lipinski definition) is 2. The van der Waals surface area contributed by atoms with Crippen LogP contribution >= 0.6 is 0 Å². The van der Waals surface area contributed by atoms with Crippen molar-refractivity contribution in [1.29, 1.82) is 0 Å². The molecule has 2 amide bonds. The highest BCUT2D eigenvalue weighted by molar-refractivity contribution is 5.93. The molecule has 0 aliphatic carbocycles. The molecule has 0 saturated carbocycles. The van der Waals surface area contributed by atoms with Gasteiger partial charge in [0.25, 0.3) is 0 Å². The van der Waals surface area contributed by atoms with Gasteiger partial charge >= 0.3 is 5.97 Å². The third-order valence-corrected chi connectivity index (χ3v) is 2.63. The number of carbonyl (C=O) groups is 3. The Morgan fingerprint density at radius 3 is 2.32 bits per heavy atom. The van der Waals surface area contributed by atoms with E-state index in [1.54, 1.807) is 0 Å². The summed E-state index contributed by atoms with van der Waals surface area (Å²) in [5.41, 5.74) is 0.329. The molecule has 0 fully saturated rings. The van der Waals surface area contributed by atoms with Crippen LogP contribution in [0, 0.1) is 0 Å². The van der Waals surface area contributed by atoms with E-state index in [0.29, 0.717) is 37.8 Å². The van der Waals surface area contributed by atoms with Gasteiger partial charge in [-0.15, -0.1) is 0 Å². The Hall–Kier alpha value is -1.89. The summed E-state index contributed by atoms with van der Waals surface area (Å²) < 4.78 is 4.51. The first-order valence-electron chi connectivity index (χ1n) is 7.40. The number of unbranched alkanes of at least 4 members (excludes halogenated alkanes) is 1. The first kappa shape index (κ1) is 22.4. The molecule has 7 nitrogen and oxygen atoms in total. The number of esters is 1. The van der Waals surface area contributed by atoms with Gasteiger partial charge in [0.1, 0.15) is 0 Å². The Bertz CT molecular complexity index is 356. The minimum absolute atomic E-state index is 0.172. The predicted molar refractivity (Wildman–Crippen MR) is 83.8 cm³/mol. The van der Waals surface area contributed by atoms with Crippen molar-refractivity contribution in [2.45, 2.75) is 39.5 Å². The smallest absolute Gasteiger partial charge is 0.305 e. The summed E-state index contributed by atoms with van der Waals surface area (Å²) >= 11 is 0. The van der Waals surface area contributed by atoms with Crippen LogP contribution < -0.4 is 5.32 Å². The molecular formula is C15H28N2O5. The number of methoxy groups -OCH3 is 1. The van der Waals surface area contributed by atoms with E-state index < -0.39 is 0 Å². The summed E-state index contributed by atoms with van der Waals surface area (Å²) in [6.07, 6.45) is 3.71. The Kier molecular flexibility index (Phi) is 15.8. The van der Waals surface area contributed by atoms with Gasteiger partial charge in [-0.1, -0.05) is 13.8 Å². The largest absolute Gasteiger partial charge is 0.469 e. The quantitative estimate of drug-likeness (QED) is 0.269. The molecule has 0 bridgehead atoms. The second-order valence-electron chi connectivity index (χ2n) is 4.08. The van der Waals surface area contributed by atoms with Crippen LogP contribution in [0.3, 0.4) is 0 Å². The molecule has 2 N–H and O–H groups in total. The van der Waals surface area contributed by atoms with Gasteiger partial charge < -0.3 is 20.1 Å². The molecule has 0 aliphatic rings. The number of nitrogens with one attached hydrogen (secondary N) is 1. The van der Waals surface area contributed by atoms with Crippen molar-refractivity contribution in [2.75, 3.05) is 27.3 Å². The molecule has 0 aromatic carbocycles.